The highest BCUT2D eigenvalue weighted by Crippen LogP contribution is 2.23. The molecule has 7 nitrogen and oxygen atoms in total. The molecule has 0 bridgehead atoms. The number of amides is 2. The molecule has 1 atom stereocenters. The lowest BCUT2D eigenvalue weighted by Crippen LogP contribution is -2.42. The van der Waals surface area contributed by atoms with Gasteiger partial charge in [0.2, 0.25) is 0 Å². The first-order valence-corrected chi connectivity index (χ1v) is 8.34. The Balaban J connectivity index is 1.95. The third kappa shape index (κ3) is 4.08. The van der Waals surface area contributed by atoms with Gasteiger partial charge in [0, 0.05) is 11.7 Å². The molecule has 1 saturated heterocycles. The molecule has 0 saturated carbocycles. The summed E-state index contributed by atoms with van der Waals surface area (Å²) >= 11 is 5.88. The number of carbonyl (C=O) groups excluding carboxylic acids is 2. The lowest BCUT2D eigenvalue weighted by atomic mass is 10.2. The SMILES string of the molecule is Nc1ccc(NC(=O)C(=O)NC2CCS(=O)(=O)C2)c(Cl)c1. The van der Waals surface area contributed by atoms with Crippen LogP contribution >= 0.6 is 11.6 Å². The highest BCUT2D eigenvalue weighted by Gasteiger charge is 2.30. The first-order chi connectivity index (χ1) is 9.77. The van der Waals surface area contributed by atoms with Crippen molar-refractivity contribution in [1.29, 1.82) is 0 Å². The Kier molecular flexibility index (Phi) is 4.38. The van der Waals surface area contributed by atoms with Crippen molar-refractivity contribution in [3.63, 3.8) is 0 Å². The first kappa shape index (κ1) is 15.6. The van der Waals surface area contributed by atoms with Crippen molar-refractivity contribution in [3.8, 4) is 0 Å². The molecule has 0 spiro atoms. The summed E-state index contributed by atoms with van der Waals surface area (Å²) in [4.78, 5) is 23.4. The minimum absolute atomic E-state index is 0.0172. The standard InChI is InChI=1S/C12H14ClN3O4S/c13-9-5-7(14)1-2-10(9)16-12(18)11(17)15-8-3-4-21(19,20)6-8/h1-2,5,8H,3-4,6,14H2,(H,15,17)(H,16,18). The minimum Gasteiger partial charge on any atom is -0.399 e. The van der Waals surface area contributed by atoms with Gasteiger partial charge in [0.05, 0.1) is 22.2 Å². The molecule has 0 aliphatic carbocycles. The smallest absolute Gasteiger partial charge is 0.313 e. The van der Waals surface area contributed by atoms with Crippen LogP contribution in [0.25, 0.3) is 0 Å². The zero-order valence-corrected chi connectivity index (χ0v) is 12.5. The van der Waals surface area contributed by atoms with Crippen LogP contribution in [-0.2, 0) is 19.4 Å². The van der Waals surface area contributed by atoms with E-state index in [0.29, 0.717) is 12.1 Å². The molecule has 1 aliphatic rings. The number of anilines is 2. The van der Waals surface area contributed by atoms with Gasteiger partial charge in [-0.2, -0.15) is 0 Å². The van der Waals surface area contributed by atoms with E-state index in [1.54, 1.807) is 0 Å². The predicted molar refractivity (Wildman–Crippen MR) is 79.7 cm³/mol. The molecule has 1 aliphatic heterocycles. The molecule has 0 radical (unpaired) electrons. The number of hydrogen-bond donors (Lipinski definition) is 3. The Morgan fingerprint density at radius 2 is 2.00 bits per heavy atom. The molecule has 21 heavy (non-hydrogen) atoms. The Morgan fingerprint density at radius 3 is 2.57 bits per heavy atom. The van der Waals surface area contributed by atoms with Crippen LogP contribution in [0, 0.1) is 0 Å². The molecule has 114 valence electrons. The number of sulfone groups is 1. The van der Waals surface area contributed by atoms with Crippen LogP contribution in [0.1, 0.15) is 6.42 Å². The average Bonchev–Trinajstić information content (AvgIpc) is 2.72. The number of rotatable bonds is 2. The van der Waals surface area contributed by atoms with Crippen LogP contribution < -0.4 is 16.4 Å². The second-order valence-corrected chi connectivity index (χ2v) is 7.40. The second kappa shape index (κ2) is 5.90. The van der Waals surface area contributed by atoms with Crippen molar-refractivity contribution in [2.24, 2.45) is 0 Å². The van der Waals surface area contributed by atoms with Crippen molar-refractivity contribution in [3.05, 3.63) is 23.2 Å². The molecule has 4 N–H and O–H groups in total. The average molecular weight is 332 g/mol. The molecule has 1 aromatic rings. The van der Waals surface area contributed by atoms with Gasteiger partial charge < -0.3 is 16.4 Å². The van der Waals surface area contributed by atoms with E-state index in [1.165, 1.54) is 18.2 Å². The number of halogens is 1. The predicted octanol–water partition coefficient (Wildman–Crippen LogP) is 0.164. The fraction of sp³-hybridized carbons (Fsp3) is 0.333. The third-order valence-electron chi connectivity index (χ3n) is 3.02. The first-order valence-electron chi connectivity index (χ1n) is 6.14. The number of carbonyl (C=O) groups is 2. The number of benzene rings is 1. The summed E-state index contributed by atoms with van der Waals surface area (Å²) in [5, 5.41) is 4.94. The van der Waals surface area contributed by atoms with Crippen LogP contribution in [0.15, 0.2) is 18.2 Å². The molecule has 2 rings (SSSR count). The van der Waals surface area contributed by atoms with E-state index in [9.17, 15) is 18.0 Å². The van der Waals surface area contributed by atoms with Crippen molar-refractivity contribution < 1.29 is 18.0 Å². The number of nitrogens with one attached hydrogen (secondary N) is 2. The molecule has 1 fully saturated rings. The highest BCUT2D eigenvalue weighted by molar-refractivity contribution is 7.91. The van der Waals surface area contributed by atoms with E-state index >= 15 is 0 Å². The quantitative estimate of drug-likeness (QED) is 0.527. The van der Waals surface area contributed by atoms with E-state index in [4.69, 9.17) is 17.3 Å². The van der Waals surface area contributed by atoms with E-state index < -0.39 is 27.7 Å². The van der Waals surface area contributed by atoms with Crippen molar-refractivity contribution in [2.75, 3.05) is 22.6 Å². The number of nitrogens with two attached hydrogens (primary N) is 1. The number of nitrogen functional groups attached to an aromatic ring is 1. The van der Waals surface area contributed by atoms with Crippen molar-refractivity contribution >= 4 is 44.6 Å². The lowest BCUT2D eigenvalue weighted by Gasteiger charge is -2.11. The van der Waals surface area contributed by atoms with Gasteiger partial charge in [-0.3, -0.25) is 9.59 Å². The van der Waals surface area contributed by atoms with Crippen molar-refractivity contribution in [1.82, 2.24) is 5.32 Å². The summed E-state index contributed by atoms with van der Waals surface area (Å²) in [6, 6.07) is 3.92. The van der Waals surface area contributed by atoms with E-state index in [1.807, 2.05) is 0 Å². The summed E-state index contributed by atoms with van der Waals surface area (Å²) in [5.74, 6) is -1.94. The maximum Gasteiger partial charge on any atom is 0.313 e. The van der Waals surface area contributed by atoms with Crippen LogP contribution in [0.3, 0.4) is 0 Å². The zero-order valence-electron chi connectivity index (χ0n) is 10.9. The summed E-state index contributed by atoms with van der Waals surface area (Å²) < 4.78 is 22.6. The molecular weight excluding hydrogens is 318 g/mol. The normalized spacial score (nSPS) is 20.0. The van der Waals surface area contributed by atoms with Crippen LogP contribution in [0.5, 0.6) is 0 Å². The maximum atomic E-state index is 11.7. The van der Waals surface area contributed by atoms with E-state index in [2.05, 4.69) is 10.6 Å². The van der Waals surface area contributed by atoms with E-state index in [0.717, 1.165) is 0 Å². The Labute approximate surface area is 126 Å². The largest absolute Gasteiger partial charge is 0.399 e. The van der Waals surface area contributed by atoms with Gasteiger partial charge in [-0.05, 0) is 24.6 Å². The molecule has 1 heterocycles. The highest BCUT2D eigenvalue weighted by atomic mass is 35.5. The second-order valence-electron chi connectivity index (χ2n) is 4.77. The fourth-order valence-electron chi connectivity index (χ4n) is 1.97. The fourth-order valence-corrected chi connectivity index (χ4v) is 3.88. The molecule has 0 aromatic heterocycles. The van der Waals surface area contributed by atoms with Crippen molar-refractivity contribution in [2.45, 2.75) is 12.5 Å². The molecule has 9 heteroatoms. The Morgan fingerprint density at radius 1 is 1.29 bits per heavy atom. The Bertz CT molecular complexity index is 690. The summed E-state index contributed by atoms with van der Waals surface area (Å²) in [6.07, 6.45) is 0.310. The maximum absolute atomic E-state index is 11.7. The van der Waals surface area contributed by atoms with Gasteiger partial charge in [0.1, 0.15) is 0 Å². The number of hydrogen-bond acceptors (Lipinski definition) is 5. The zero-order chi connectivity index (χ0) is 15.6. The Hall–Kier alpha value is -1.80. The van der Waals surface area contributed by atoms with Gasteiger partial charge in [0.15, 0.2) is 9.84 Å². The third-order valence-corrected chi connectivity index (χ3v) is 5.10. The van der Waals surface area contributed by atoms with E-state index in [-0.39, 0.29) is 22.2 Å². The topological polar surface area (TPSA) is 118 Å². The van der Waals surface area contributed by atoms with Crippen LogP contribution in [0.2, 0.25) is 5.02 Å². The van der Waals surface area contributed by atoms with Crippen LogP contribution in [0.4, 0.5) is 11.4 Å². The summed E-state index contributed by atoms with van der Waals surface area (Å²) in [7, 11) is -3.12. The summed E-state index contributed by atoms with van der Waals surface area (Å²) in [6.45, 7) is 0. The minimum atomic E-state index is -3.12. The lowest BCUT2D eigenvalue weighted by molar-refractivity contribution is -0.136. The molecule has 2 amide bonds. The van der Waals surface area contributed by atoms with Gasteiger partial charge in [-0.1, -0.05) is 11.6 Å². The van der Waals surface area contributed by atoms with Gasteiger partial charge in [-0.25, -0.2) is 8.42 Å². The molecular formula is C12H14ClN3O4S. The van der Waals surface area contributed by atoms with Gasteiger partial charge in [0.25, 0.3) is 0 Å². The van der Waals surface area contributed by atoms with Gasteiger partial charge in [-0.15, -0.1) is 0 Å². The monoisotopic (exact) mass is 331 g/mol. The van der Waals surface area contributed by atoms with Crippen LogP contribution in [-0.4, -0.2) is 37.8 Å². The van der Waals surface area contributed by atoms with Gasteiger partial charge >= 0.3 is 11.8 Å². The summed E-state index contributed by atoms with van der Waals surface area (Å²) in [5.41, 5.74) is 6.20. The molecule has 1 unspecified atom stereocenters. The molecule has 1 aromatic carbocycles.